The molecule has 1 saturated heterocycles. The van der Waals surface area contributed by atoms with Crippen LogP contribution in [0.3, 0.4) is 0 Å². The lowest BCUT2D eigenvalue weighted by atomic mass is 10.0. The van der Waals surface area contributed by atoms with Crippen LogP contribution in [0.5, 0.6) is 5.75 Å². The Kier molecular flexibility index (Phi) is 9.30. The molecule has 212 valence electrons. The second kappa shape index (κ2) is 12.3. The highest BCUT2D eigenvalue weighted by Crippen LogP contribution is 2.55. The summed E-state index contributed by atoms with van der Waals surface area (Å²) in [7, 11) is -4.03. The fraction of sp³-hybridized carbons (Fsp3) is 0.480. The first-order valence-corrected chi connectivity index (χ1v) is 14.8. The topological polar surface area (TPSA) is 161 Å². The first-order chi connectivity index (χ1) is 18.5. The summed E-state index contributed by atoms with van der Waals surface area (Å²) in [6.07, 6.45) is 0.736. The van der Waals surface area contributed by atoms with Crippen molar-refractivity contribution in [2.24, 2.45) is 11.7 Å². The molecule has 1 fully saturated rings. The first kappa shape index (κ1) is 29.4. The van der Waals surface area contributed by atoms with Crippen molar-refractivity contribution in [2.45, 2.75) is 64.7 Å². The Morgan fingerprint density at radius 1 is 1.38 bits per heavy atom. The lowest BCUT2D eigenvalue weighted by Gasteiger charge is -2.27. The van der Waals surface area contributed by atoms with Crippen molar-refractivity contribution in [3.8, 4) is 5.75 Å². The molecule has 1 aromatic carbocycles. The van der Waals surface area contributed by atoms with Crippen molar-refractivity contribution in [1.82, 2.24) is 9.55 Å². The highest BCUT2D eigenvalue weighted by Gasteiger charge is 2.43. The smallest absolute Gasteiger partial charge is 0.458 e. The standard InChI is InChI=1S/C25H31BrN3O9P/c1-4-14(2)21(27)24(31)37-18-10-20(29-11-16(8-9-26)23(30)28-25(29)32)36-19(18)13-35-39(33)34-12-17-7-5-6-15(3)22(17)38-39/h5-9,11,14,18-21H,4,10,12-13,27H2,1-3H3,(H,28,30,32)/b9-8+/t14-,18-,19+,20+,21+,39?/m0/s1. The Bertz CT molecular complexity index is 1410. The molecule has 1 unspecified atom stereocenters. The van der Waals surface area contributed by atoms with Crippen LogP contribution in [0.15, 0.2) is 39.0 Å². The van der Waals surface area contributed by atoms with E-state index in [0.29, 0.717) is 12.2 Å². The van der Waals surface area contributed by atoms with Crippen LogP contribution >= 0.6 is 23.8 Å². The minimum atomic E-state index is -4.03. The van der Waals surface area contributed by atoms with E-state index in [2.05, 4.69) is 20.9 Å². The van der Waals surface area contributed by atoms with Crippen LogP contribution in [-0.2, 0) is 34.5 Å². The average molecular weight is 628 g/mol. The summed E-state index contributed by atoms with van der Waals surface area (Å²) in [5, 5.41) is 0. The van der Waals surface area contributed by atoms with E-state index < -0.39 is 49.5 Å². The Hall–Kier alpha value is -2.54. The summed E-state index contributed by atoms with van der Waals surface area (Å²) >= 11 is 3.11. The number of nitrogens with zero attached hydrogens (tertiary/aromatic N) is 1. The molecular formula is C25H31BrN3O9P. The number of carbonyl (C=O) groups is 1. The molecule has 0 radical (unpaired) electrons. The summed E-state index contributed by atoms with van der Waals surface area (Å²) in [5.41, 5.74) is 6.49. The van der Waals surface area contributed by atoms with E-state index >= 15 is 0 Å². The average Bonchev–Trinajstić information content (AvgIpc) is 3.31. The summed E-state index contributed by atoms with van der Waals surface area (Å²) in [4.78, 5) is 41.2. The van der Waals surface area contributed by atoms with Gasteiger partial charge in [0.25, 0.3) is 5.56 Å². The van der Waals surface area contributed by atoms with Crippen LogP contribution in [0.25, 0.3) is 6.08 Å². The number of rotatable bonds is 9. The highest BCUT2D eigenvalue weighted by molar-refractivity contribution is 9.11. The molecule has 0 amide bonds. The number of benzene rings is 1. The molecule has 3 N–H and O–H groups in total. The molecular weight excluding hydrogens is 597 g/mol. The monoisotopic (exact) mass is 627 g/mol. The van der Waals surface area contributed by atoms with Gasteiger partial charge in [-0.3, -0.25) is 28.2 Å². The summed E-state index contributed by atoms with van der Waals surface area (Å²) in [5.74, 6) is -0.345. The molecule has 6 atom stereocenters. The predicted octanol–water partition coefficient (Wildman–Crippen LogP) is 3.52. The largest absolute Gasteiger partial charge is 0.530 e. The number of phosphoric ester groups is 1. The van der Waals surface area contributed by atoms with Gasteiger partial charge in [0.15, 0.2) is 0 Å². The van der Waals surface area contributed by atoms with Crippen molar-refractivity contribution in [2.75, 3.05) is 6.61 Å². The van der Waals surface area contributed by atoms with Gasteiger partial charge in [-0.05, 0) is 29.5 Å². The zero-order valence-corrected chi connectivity index (χ0v) is 24.2. The van der Waals surface area contributed by atoms with E-state index in [1.165, 1.54) is 21.8 Å². The number of nitrogens with one attached hydrogen (secondary N) is 1. The molecule has 0 saturated carbocycles. The van der Waals surface area contributed by atoms with Gasteiger partial charge in [0.1, 0.15) is 30.2 Å². The number of fused-ring (bicyclic) bond motifs is 1. The van der Waals surface area contributed by atoms with Crippen LogP contribution in [-0.4, -0.2) is 40.4 Å². The normalized spacial score (nSPS) is 26.1. The van der Waals surface area contributed by atoms with E-state index in [0.717, 1.165) is 11.1 Å². The zero-order chi connectivity index (χ0) is 28.3. The van der Waals surface area contributed by atoms with E-state index in [-0.39, 0.29) is 31.1 Å². The van der Waals surface area contributed by atoms with Gasteiger partial charge in [-0.15, -0.1) is 0 Å². The number of hydrogen-bond acceptors (Lipinski definition) is 10. The zero-order valence-electron chi connectivity index (χ0n) is 21.7. The Balaban J connectivity index is 1.56. The van der Waals surface area contributed by atoms with Crippen molar-refractivity contribution in [3.05, 3.63) is 66.9 Å². The Morgan fingerprint density at radius 3 is 2.87 bits per heavy atom. The number of hydrogen-bond donors (Lipinski definition) is 2. The second-order valence-corrected chi connectivity index (χ2v) is 11.6. The minimum Gasteiger partial charge on any atom is -0.458 e. The lowest BCUT2D eigenvalue weighted by molar-refractivity contribution is -0.155. The number of aryl methyl sites for hydroxylation is 1. The number of halogens is 1. The summed E-state index contributed by atoms with van der Waals surface area (Å²) in [6.45, 7) is 5.25. The summed E-state index contributed by atoms with van der Waals surface area (Å²) in [6, 6.07) is 4.58. The minimum absolute atomic E-state index is 0.0290. The quantitative estimate of drug-likeness (QED) is 0.311. The van der Waals surface area contributed by atoms with Crippen LogP contribution in [0.4, 0.5) is 0 Å². The highest BCUT2D eigenvalue weighted by atomic mass is 79.9. The van der Waals surface area contributed by atoms with Crippen molar-refractivity contribution in [1.29, 1.82) is 0 Å². The van der Waals surface area contributed by atoms with E-state index in [1.54, 1.807) is 6.07 Å². The molecule has 0 bridgehead atoms. The van der Waals surface area contributed by atoms with Crippen LogP contribution in [0.2, 0.25) is 0 Å². The van der Waals surface area contributed by atoms with Gasteiger partial charge in [0.05, 0.1) is 18.8 Å². The molecule has 12 nitrogen and oxygen atoms in total. The van der Waals surface area contributed by atoms with Crippen molar-refractivity contribution < 1.29 is 32.4 Å². The molecule has 3 heterocycles. The maximum Gasteiger partial charge on any atom is 0.530 e. The number of aromatic nitrogens is 2. The fourth-order valence-electron chi connectivity index (χ4n) is 4.23. The maximum atomic E-state index is 13.3. The second-order valence-electron chi connectivity index (χ2n) is 9.47. The third-order valence-electron chi connectivity index (χ3n) is 6.80. The maximum absolute atomic E-state index is 13.3. The molecule has 39 heavy (non-hydrogen) atoms. The van der Waals surface area contributed by atoms with E-state index in [4.69, 9.17) is 28.8 Å². The Morgan fingerprint density at radius 2 is 2.15 bits per heavy atom. The van der Waals surface area contributed by atoms with Gasteiger partial charge in [0.2, 0.25) is 0 Å². The van der Waals surface area contributed by atoms with Gasteiger partial charge in [0, 0.05) is 18.2 Å². The lowest BCUT2D eigenvalue weighted by Crippen LogP contribution is -2.42. The van der Waals surface area contributed by atoms with Gasteiger partial charge >= 0.3 is 19.5 Å². The van der Waals surface area contributed by atoms with Gasteiger partial charge in [-0.1, -0.05) is 54.4 Å². The third-order valence-corrected chi connectivity index (χ3v) is 8.38. The number of aromatic amines is 1. The third kappa shape index (κ3) is 6.62. The van der Waals surface area contributed by atoms with Crippen molar-refractivity contribution in [3.63, 3.8) is 0 Å². The molecule has 2 aromatic rings. The van der Waals surface area contributed by atoms with E-state index in [9.17, 15) is 18.9 Å². The number of carbonyl (C=O) groups excluding carboxylic acids is 1. The van der Waals surface area contributed by atoms with Gasteiger partial charge in [-0.2, -0.15) is 0 Å². The van der Waals surface area contributed by atoms with Gasteiger partial charge < -0.3 is 19.7 Å². The van der Waals surface area contributed by atoms with Crippen molar-refractivity contribution >= 4 is 35.8 Å². The number of phosphoric acid groups is 1. The van der Waals surface area contributed by atoms with Crippen LogP contribution in [0, 0.1) is 12.8 Å². The molecule has 0 aliphatic carbocycles. The number of para-hydroxylation sites is 1. The predicted molar refractivity (Wildman–Crippen MR) is 145 cm³/mol. The molecule has 4 rings (SSSR count). The molecule has 14 heteroatoms. The number of H-pyrrole nitrogens is 1. The molecule has 0 spiro atoms. The van der Waals surface area contributed by atoms with Gasteiger partial charge in [-0.25, -0.2) is 9.36 Å². The molecule has 2 aliphatic rings. The SMILES string of the molecule is CC[C@H](C)[C@@H](N)C(=O)O[C@H]1C[C@H](n2cc(/C=C/Br)c(=O)[nH]c2=O)O[C@@H]1COP1(=O)OCc2cccc(C)c2O1. The number of esters is 1. The fourth-order valence-corrected chi connectivity index (χ4v) is 5.81. The Labute approximate surface area is 233 Å². The molecule has 2 aliphatic heterocycles. The summed E-state index contributed by atoms with van der Waals surface area (Å²) < 4.78 is 42.8. The molecule has 1 aromatic heterocycles. The first-order valence-electron chi connectivity index (χ1n) is 12.5. The van der Waals surface area contributed by atoms with Crippen LogP contribution in [0.1, 0.15) is 49.6 Å². The number of nitrogens with two attached hydrogens (primary N) is 1. The number of ether oxygens (including phenoxy) is 2. The van der Waals surface area contributed by atoms with E-state index in [1.807, 2.05) is 32.9 Å². The van der Waals surface area contributed by atoms with Crippen LogP contribution < -0.4 is 21.5 Å².